The van der Waals surface area contributed by atoms with E-state index in [2.05, 4.69) is 0 Å². The molecule has 3 heteroatoms. The van der Waals surface area contributed by atoms with Crippen molar-refractivity contribution in [3.05, 3.63) is 52.4 Å². The molecule has 0 unspecified atom stereocenters. The minimum absolute atomic E-state index is 0.0742. The number of hydrogen-bond donors (Lipinski definition) is 0. The fourth-order valence-corrected chi connectivity index (χ4v) is 2.14. The van der Waals surface area contributed by atoms with Crippen LogP contribution >= 0.6 is 12.1 Å². The van der Waals surface area contributed by atoms with Gasteiger partial charge in [-0.05, 0) is 37.0 Å². The highest BCUT2D eigenvalue weighted by Crippen LogP contribution is 2.32. The molecule has 0 heterocycles. The second-order valence-corrected chi connectivity index (χ2v) is 4.71. The average molecular weight is 248 g/mol. The maximum Gasteiger partial charge on any atom is 0.159 e. The third-order valence-electron chi connectivity index (χ3n) is 2.87. The van der Waals surface area contributed by atoms with Gasteiger partial charge in [0.05, 0.1) is 12.1 Å². The van der Waals surface area contributed by atoms with Crippen molar-refractivity contribution in [2.24, 2.45) is 0 Å². The number of carbonyl (C=O) groups is 1. The fraction of sp³-hybridized carbons (Fsp3) is 0.214. The Hall–Kier alpha value is -1.35. The monoisotopic (exact) mass is 248 g/mol. The largest absolute Gasteiger partial charge is 0.295 e. The summed E-state index contributed by atoms with van der Waals surface area (Å²) in [5.41, 5.74) is 3.02. The van der Waals surface area contributed by atoms with Crippen molar-refractivity contribution in [1.29, 1.82) is 0 Å². The first kappa shape index (κ1) is 12.1. The van der Waals surface area contributed by atoms with Gasteiger partial charge >= 0.3 is 0 Å². The molecule has 1 nitrogen and oxygen atoms in total. The molecule has 88 valence electrons. The van der Waals surface area contributed by atoms with Gasteiger partial charge in [-0.3, -0.25) is 4.79 Å². The number of benzene rings is 1. The smallest absolute Gasteiger partial charge is 0.159 e. The zero-order valence-electron chi connectivity index (χ0n) is 9.57. The van der Waals surface area contributed by atoms with Gasteiger partial charge in [0.2, 0.25) is 0 Å². The van der Waals surface area contributed by atoms with Gasteiger partial charge in [-0.2, -0.15) is 3.89 Å². The number of carbonyl (C=O) groups excluding carboxylic acids is 1. The van der Waals surface area contributed by atoms with Gasteiger partial charge in [0.1, 0.15) is 0 Å². The van der Waals surface area contributed by atoms with Crippen LogP contribution in [0.3, 0.4) is 0 Å². The van der Waals surface area contributed by atoms with Crippen LogP contribution in [0.15, 0.2) is 41.3 Å². The molecule has 17 heavy (non-hydrogen) atoms. The summed E-state index contributed by atoms with van der Waals surface area (Å²) in [5.74, 6) is 0.0742. The summed E-state index contributed by atoms with van der Waals surface area (Å²) < 4.78 is 12.3. The van der Waals surface area contributed by atoms with E-state index in [1.54, 1.807) is 6.92 Å². The van der Waals surface area contributed by atoms with E-state index >= 15 is 0 Å². The Morgan fingerprint density at radius 2 is 1.88 bits per heavy atom. The summed E-state index contributed by atoms with van der Waals surface area (Å²) in [4.78, 5) is 11.9. The van der Waals surface area contributed by atoms with Gasteiger partial charge in [-0.1, -0.05) is 30.3 Å². The van der Waals surface area contributed by atoms with Crippen LogP contribution in [0.1, 0.15) is 35.7 Å². The Bertz CT molecular complexity index is 485. The standard InChI is InChI=1S/C14H13FOS/c1-10(16)11-2-4-12(5-3-11)13-6-8-14(17-15)9-7-13/h2-6,8H,7,9H2,1H3. The van der Waals surface area contributed by atoms with Crippen LogP contribution < -0.4 is 0 Å². The van der Waals surface area contributed by atoms with Gasteiger partial charge < -0.3 is 0 Å². The van der Waals surface area contributed by atoms with Crippen molar-refractivity contribution in [2.45, 2.75) is 19.8 Å². The van der Waals surface area contributed by atoms with Gasteiger partial charge in [0.15, 0.2) is 5.78 Å². The SMILES string of the molecule is CC(=O)c1ccc(C2=CC=C(SF)CC2)cc1. The lowest BCUT2D eigenvalue weighted by Crippen LogP contribution is -1.94. The third kappa shape index (κ3) is 2.86. The summed E-state index contributed by atoms with van der Waals surface area (Å²) in [5, 5.41) is 0. The molecular formula is C14H13FOS. The maximum absolute atomic E-state index is 12.3. The first-order valence-corrected chi connectivity index (χ1v) is 6.22. The summed E-state index contributed by atoms with van der Waals surface area (Å²) in [6.07, 6.45) is 5.38. The molecular weight excluding hydrogens is 235 g/mol. The lowest BCUT2D eigenvalue weighted by atomic mass is 9.96. The minimum Gasteiger partial charge on any atom is -0.295 e. The molecule has 0 saturated carbocycles. The van der Waals surface area contributed by atoms with Gasteiger partial charge in [0.25, 0.3) is 0 Å². The number of ketones is 1. The second kappa shape index (κ2) is 5.32. The van der Waals surface area contributed by atoms with Crippen LogP contribution in [0.4, 0.5) is 3.89 Å². The highest BCUT2D eigenvalue weighted by Gasteiger charge is 2.09. The van der Waals surface area contributed by atoms with E-state index in [4.69, 9.17) is 0 Å². The van der Waals surface area contributed by atoms with Crippen molar-refractivity contribution in [3.63, 3.8) is 0 Å². The maximum atomic E-state index is 12.3. The molecule has 0 amide bonds. The molecule has 0 radical (unpaired) electrons. The summed E-state index contributed by atoms with van der Waals surface area (Å²) in [7, 11) is 0. The van der Waals surface area contributed by atoms with Crippen molar-refractivity contribution >= 4 is 23.5 Å². The van der Waals surface area contributed by atoms with Crippen molar-refractivity contribution in [1.82, 2.24) is 0 Å². The van der Waals surface area contributed by atoms with Gasteiger partial charge in [-0.25, -0.2) is 0 Å². The Balaban J connectivity index is 2.21. The summed E-state index contributed by atoms with van der Waals surface area (Å²) in [6, 6.07) is 7.57. The minimum atomic E-state index is 0.0742. The molecule has 0 saturated heterocycles. The summed E-state index contributed by atoms with van der Waals surface area (Å²) >= 11 is 0.321. The Morgan fingerprint density at radius 1 is 1.18 bits per heavy atom. The van der Waals surface area contributed by atoms with E-state index in [1.807, 2.05) is 36.4 Å². The zero-order chi connectivity index (χ0) is 12.3. The Morgan fingerprint density at radius 3 is 2.35 bits per heavy atom. The lowest BCUT2D eigenvalue weighted by Gasteiger charge is -2.12. The van der Waals surface area contributed by atoms with Crippen LogP contribution in [0, 0.1) is 0 Å². The van der Waals surface area contributed by atoms with Crippen molar-refractivity contribution in [3.8, 4) is 0 Å². The topological polar surface area (TPSA) is 17.1 Å². The molecule has 1 aliphatic rings. The number of rotatable bonds is 3. The molecule has 0 spiro atoms. The second-order valence-electron chi connectivity index (χ2n) is 4.04. The van der Waals surface area contributed by atoms with E-state index in [9.17, 15) is 8.68 Å². The molecule has 0 N–H and O–H groups in total. The predicted octanol–water partition coefficient (Wildman–Crippen LogP) is 4.57. The first-order chi connectivity index (χ1) is 8.20. The molecule has 1 aliphatic carbocycles. The van der Waals surface area contributed by atoms with Crippen LogP contribution in [0.5, 0.6) is 0 Å². The number of Topliss-reactive ketones (excluding diaryl/α,β-unsaturated/α-hetero) is 1. The number of halogens is 1. The van der Waals surface area contributed by atoms with E-state index < -0.39 is 0 Å². The molecule has 0 bridgehead atoms. The van der Waals surface area contributed by atoms with E-state index in [0.717, 1.165) is 28.9 Å². The zero-order valence-corrected chi connectivity index (χ0v) is 10.4. The normalized spacial score (nSPS) is 15.2. The Labute approximate surface area is 105 Å². The molecule has 0 aliphatic heterocycles. The van der Waals surface area contributed by atoms with Crippen LogP contribution in [0.2, 0.25) is 0 Å². The Kier molecular flexibility index (Phi) is 3.79. The lowest BCUT2D eigenvalue weighted by molar-refractivity contribution is 0.101. The number of allylic oxidation sites excluding steroid dienone is 4. The summed E-state index contributed by atoms with van der Waals surface area (Å²) in [6.45, 7) is 1.56. The highest BCUT2D eigenvalue weighted by molar-refractivity contribution is 7.98. The van der Waals surface area contributed by atoms with Gasteiger partial charge in [0, 0.05) is 10.5 Å². The quantitative estimate of drug-likeness (QED) is 0.729. The first-order valence-electron chi connectivity index (χ1n) is 5.50. The fourth-order valence-electron chi connectivity index (χ4n) is 1.84. The van der Waals surface area contributed by atoms with E-state index in [-0.39, 0.29) is 5.78 Å². The molecule has 1 aromatic rings. The van der Waals surface area contributed by atoms with Crippen molar-refractivity contribution in [2.75, 3.05) is 0 Å². The molecule has 1 aromatic carbocycles. The van der Waals surface area contributed by atoms with Gasteiger partial charge in [-0.15, -0.1) is 0 Å². The van der Waals surface area contributed by atoms with Crippen LogP contribution in [-0.4, -0.2) is 5.78 Å². The third-order valence-corrected chi connectivity index (χ3v) is 3.41. The van der Waals surface area contributed by atoms with Crippen LogP contribution in [0.25, 0.3) is 5.57 Å². The predicted molar refractivity (Wildman–Crippen MR) is 70.4 cm³/mol. The highest BCUT2D eigenvalue weighted by atomic mass is 32.2. The van der Waals surface area contributed by atoms with Crippen LogP contribution in [-0.2, 0) is 0 Å². The molecule has 0 fully saturated rings. The van der Waals surface area contributed by atoms with Crippen molar-refractivity contribution < 1.29 is 8.68 Å². The molecule has 0 atom stereocenters. The van der Waals surface area contributed by atoms with E-state index in [0.29, 0.717) is 12.1 Å². The average Bonchev–Trinajstić information content (AvgIpc) is 2.39. The van der Waals surface area contributed by atoms with E-state index in [1.165, 1.54) is 5.57 Å². The molecule has 2 rings (SSSR count). The molecule has 0 aromatic heterocycles. The number of hydrogen-bond acceptors (Lipinski definition) is 2.